The lowest BCUT2D eigenvalue weighted by Crippen LogP contribution is -2.18. The van der Waals surface area contributed by atoms with Crippen LogP contribution in [0.25, 0.3) is 16.6 Å². The van der Waals surface area contributed by atoms with Crippen molar-refractivity contribution in [2.45, 2.75) is 0 Å². The van der Waals surface area contributed by atoms with Crippen LogP contribution in [0.1, 0.15) is 0 Å². The molecule has 0 N–H and O–H groups in total. The highest BCUT2D eigenvalue weighted by Crippen LogP contribution is 2.24. The number of hydrogen-bond acceptors (Lipinski definition) is 4. The molecule has 0 aliphatic carbocycles. The molecule has 106 valence electrons. The second kappa shape index (κ2) is 5.28. The zero-order chi connectivity index (χ0) is 14.8. The number of hydrogen-bond donors (Lipinski definition) is 0. The van der Waals surface area contributed by atoms with Crippen LogP contribution in [0.2, 0.25) is 0 Å². The Bertz CT molecular complexity index is 833. The maximum Gasteiger partial charge on any atom is 0.265 e. The summed E-state index contributed by atoms with van der Waals surface area (Å²) in [5.41, 5.74) is 1.19. The normalized spacial score (nSPS) is 10.6. The van der Waals surface area contributed by atoms with E-state index in [4.69, 9.17) is 9.47 Å². The highest BCUT2D eigenvalue weighted by Gasteiger charge is 2.08. The minimum absolute atomic E-state index is 0.129. The lowest BCUT2D eigenvalue weighted by Gasteiger charge is -2.10. The lowest BCUT2D eigenvalue weighted by atomic mass is 10.2. The van der Waals surface area contributed by atoms with E-state index in [0.717, 1.165) is 0 Å². The van der Waals surface area contributed by atoms with Crippen molar-refractivity contribution in [3.8, 4) is 17.2 Å². The standard InChI is InChI=1S/C16H14N2O3/c1-20-12-7-11(8-13(9-12)21-2)18-10-17-15-6-4-3-5-14(15)16(18)19/h3-10H,1-2H3. The number of aromatic nitrogens is 2. The van der Waals surface area contributed by atoms with Gasteiger partial charge in [0.25, 0.3) is 5.56 Å². The number of benzene rings is 2. The first kappa shape index (κ1) is 13.2. The van der Waals surface area contributed by atoms with Crippen LogP contribution in [0.15, 0.2) is 53.6 Å². The van der Waals surface area contributed by atoms with Gasteiger partial charge in [-0.2, -0.15) is 0 Å². The van der Waals surface area contributed by atoms with E-state index in [2.05, 4.69) is 4.98 Å². The van der Waals surface area contributed by atoms with Crippen molar-refractivity contribution in [1.29, 1.82) is 0 Å². The van der Waals surface area contributed by atoms with Gasteiger partial charge < -0.3 is 9.47 Å². The van der Waals surface area contributed by atoms with Gasteiger partial charge in [0, 0.05) is 18.2 Å². The molecular weight excluding hydrogens is 268 g/mol. The number of nitrogens with zero attached hydrogens (tertiary/aromatic N) is 2. The Kier molecular flexibility index (Phi) is 3.31. The molecule has 0 aliphatic rings. The van der Waals surface area contributed by atoms with Gasteiger partial charge in [-0.3, -0.25) is 9.36 Å². The van der Waals surface area contributed by atoms with E-state index < -0.39 is 0 Å². The average Bonchev–Trinajstić information content (AvgIpc) is 2.55. The number of rotatable bonds is 3. The van der Waals surface area contributed by atoms with Crippen molar-refractivity contribution in [2.75, 3.05) is 14.2 Å². The van der Waals surface area contributed by atoms with Crippen LogP contribution >= 0.6 is 0 Å². The van der Waals surface area contributed by atoms with Gasteiger partial charge in [0.05, 0.1) is 30.8 Å². The van der Waals surface area contributed by atoms with E-state index in [1.807, 2.05) is 18.2 Å². The molecule has 5 nitrogen and oxygen atoms in total. The van der Waals surface area contributed by atoms with E-state index in [9.17, 15) is 4.79 Å². The zero-order valence-electron chi connectivity index (χ0n) is 11.7. The van der Waals surface area contributed by atoms with Crippen LogP contribution < -0.4 is 15.0 Å². The summed E-state index contributed by atoms with van der Waals surface area (Å²) in [6.07, 6.45) is 1.51. The number of para-hydroxylation sites is 1. The molecule has 0 atom stereocenters. The summed E-state index contributed by atoms with van der Waals surface area (Å²) in [7, 11) is 3.14. The van der Waals surface area contributed by atoms with Gasteiger partial charge in [0.2, 0.25) is 0 Å². The van der Waals surface area contributed by atoms with Gasteiger partial charge in [-0.25, -0.2) is 4.98 Å². The molecule has 0 radical (unpaired) electrons. The van der Waals surface area contributed by atoms with Crippen molar-refractivity contribution in [3.05, 3.63) is 59.1 Å². The minimum atomic E-state index is -0.129. The van der Waals surface area contributed by atoms with Crippen LogP contribution in [-0.2, 0) is 0 Å². The second-order valence-corrected chi connectivity index (χ2v) is 4.51. The fourth-order valence-corrected chi connectivity index (χ4v) is 2.18. The van der Waals surface area contributed by atoms with E-state index in [1.165, 1.54) is 10.9 Å². The van der Waals surface area contributed by atoms with Crippen LogP contribution in [-0.4, -0.2) is 23.8 Å². The first-order chi connectivity index (χ1) is 10.2. The summed E-state index contributed by atoms with van der Waals surface area (Å²) < 4.78 is 11.9. The summed E-state index contributed by atoms with van der Waals surface area (Å²) in [4.78, 5) is 16.9. The van der Waals surface area contributed by atoms with Crippen LogP contribution in [0.5, 0.6) is 11.5 Å². The van der Waals surface area contributed by atoms with Crippen LogP contribution in [0.4, 0.5) is 0 Å². The first-order valence-corrected chi connectivity index (χ1v) is 6.43. The van der Waals surface area contributed by atoms with E-state index in [-0.39, 0.29) is 5.56 Å². The lowest BCUT2D eigenvalue weighted by molar-refractivity contribution is 0.394. The molecule has 0 unspecified atom stereocenters. The molecule has 1 heterocycles. The molecule has 2 aromatic carbocycles. The molecule has 3 rings (SSSR count). The molecule has 21 heavy (non-hydrogen) atoms. The zero-order valence-corrected chi connectivity index (χ0v) is 11.7. The number of fused-ring (bicyclic) bond motifs is 1. The highest BCUT2D eigenvalue weighted by molar-refractivity contribution is 5.77. The Hall–Kier alpha value is -2.82. The molecular formula is C16H14N2O3. The van der Waals surface area contributed by atoms with Crippen molar-refractivity contribution in [3.63, 3.8) is 0 Å². The first-order valence-electron chi connectivity index (χ1n) is 6.43. The summed E-state index contributed by atoms with van der Waals surface area (Å²) in [6, 6.07) is 12.5. The monoisotopic (exact) mass is 282 g/mol. The fourth-order valence-electron chi connectivity index (χ4n) is 2.18. The minimum Gasteiger partial charge on any atom is -0.497 e. The number of ether oxygens (including phenoxy) is 2. The predicted octanol–water partition coefficient (Wildman–Crippen LogP) is 2.40. The largest absolute Gasteiger partial charge is 0.497 e. The van der Waals surface area contributed by atoms with E-state index in [1.54, 1.807) is 38.5 Å². The second-order valence-electron chi connectivity index (χ2n) is 4.51. The number of methoxy groups -OCH3 is 2. The molecule has 0 spiro atoms. The SMILES string of the molecule is COc1cc(OC)cc(-n2cnc3ccccc3c2=O)c1. The maximum absolute atomic E-state index is 12.6. The van der Waals surface area contributed by atoms with Crippen LogP contribution in [0, 0.1) is 0 Å². The summed E-state index contributed by atoms with van der Waals surface area (Å²) in [6.45, 7) is 0. The molecule has 0 amide bonds. The van der Waals surface area contributed by atoms with Gasteiger partial charge in [0.1, 0.15) is 17.8 Å². The van der Waals surface area contributed by atoms with Crippen molar-refractivity contribution in [2.24, 2.45) is 0 Å². The van der Waals surface area contributed by atoms with Crippen molar-refractivity contribution >= 4 is 10.9 Å². The van der Waals surface area contributed by atoms with Crippen molar-refractivity contribution < 1.29 is 9.47 Å². The molecule has 0 fully saturated rings. The van der Waals surface area contributed by atoms with E-state index >= 15 is 0 Å². The smallest absolute Gasteiger partial charge is 0.265 e. The summed E-state index contributed by atoms with van der Waals surface area (Å²) in [5, 5.41) is 0.571. The summed E-state index contributed by atoms with van der Waals surface area (Å²) in [5.74, 6) is 1.23. The Balaban J connectivity index is 2.25. The Morgan fingerprint density at radius 2 is 1.67 bits per heavy atom. The molecule has 5 heteroatoms. The average molecular weight is 282 g/mol. The van der Waals surface area contributed by atoms with Gasteiger partial charge >= 0.3 is 0 Å². The summed E-state index contributed by atoms with van der Waals surface area (Å²) >= 11 is 0. The van der Waals surface area contributed by atoms with Gasteiger partial charge in [-0.15, -0.1) is 0 Å². The van der Waals surface area contributed by atoms with E-state index in [0.29, 0.717) is 28.1 Å². The third kappa shape index (κ3) is 2.33. The molecule has 3 aromatic rings. The fraction of sp³-hybridized carbons (Fsp3) is 0.125. The van der Waals surface area contributed by atoms with Gasteiger partial charge in [-0.05, 0) is 12.1 Å². The van der Waals surface area contributed by atoms with Crippen molar-refractivity contribution in [1.82, 2.24) is 9.55 Å². The molecule has 1 aromatic heterocycles. The third-order valence-electron chi connectivity index (χ3n) is 3.28. The highest BCUT2D eigenvalue weighted by atomic mass is 16.5. The Morgan fingerprint density at radius 1 is 1.00 bits per heavy atom. The Morgan fingerprint density at radius 3 is 2.33 bits per heavy atom. The van der Waals surface area contributed by atoms with Crippen LogP contribution in [0.3, 0.4) is 0 Å². The molecule has 0 aliphatic heterocycles. The topological polar surface area (TPSA) is 53.4 Å². The third-order valence-corrected chi connectivity index (χ3v) is 3.28. The molecule has 0 bridgehead atoms. The quantitative estimate of drug-likeness (QED) is 0.740. The Labute approximate surface area is 121 Å². The van der Waals surface area contributed by atoms with Gasteiger partial charge in [-0.1, -0.05) is 12.1 Å². The predicted molar refractivity (Wildman–Crippen MR) is 80.4 cm³/mol. The molecule has 0 saturated heterocycles. The molecule has 0 saturated carbocycles. The maximum atomic E-state index is 12.6. The van der Waals surface area contributed by atoms with Gasteiger partial charge in [0.15, 0.2) is 0 Å².